The second kappa shape index (κ2) is 10.5. The normalized spacial score (nSPS) is 16.6. The van der Waals surface area contributed by atoms with Crippen LogP contribution in [-0.2, 0) is 4.74 Å². The van der Waals surface area contributed by atoms with Gasteiger partial charge in [0.1, 0.15) is 17.4 Å². The number of terminal acetylenes is 1. The molecule has 2 aliphatic rings. The maximum Gasteiger partial charge on any atom is 0.254 e. The van der Waals surface area contributed by atoms with Crippen molar-refractivity contribution in [2.45, 2.75) is 18.9 Å². The minimum atomic E-state index is 0.000433. The van der Waals surface area contributed by atoms with Crippen molar-refractivity contribution in [3.8, 4) is 18.1 Å². The van der Waals surface area contributed by atoms with Gasteiger partial charge in [-0.3, -0.25) is 4.79 Å². The van der Waals surface area contributed by atoms with Gasteiger partial charge in [0.15, 0.2) is 0 Å². The summed E-state index contributed by atoms with van der Waals surface area (Å²) in [6.45, 7) is 4.17. The lowest BCUT2D eigenvalue weighted by Crippen LogP contribution is -2.40. The largest absolute Gasteiger partial charge is 0.488 e. The summed E-state index contributed by atoms with van der Waals surface area (Å²) in [5.74, 6) is 3.62. The van der Waals surface area contributed by atoms with Crippen LogP contribution < -0.4 is 15.4 Å². The lowest BCUT2D eigenvalue weighted by atomic mass is 10.1. The van der Waals surface area contributed by atoms with Crippen molar-refractivity contribution in [1.29, 1.82) is 0 Å². The van der Waals surface area contributed by atoms with Gasteiger partial charge in [-0.15, -0.1) is 6.42 Å². The molecule has 0 unspecified atom stereocenters. The molecule has 2 aromatic carbocycles. The van der Waals surface area contributed by atoms with Crippen molar-refractivity contribution < 1.29 is 14.3 Å². The average Bonchev–Trinajstić information content (AvgIpc) is 2.91. The first-order valence-corrected chi connectivity index (χ1v) is 12.1. The van der Waals surface area contributed by atoms with Gasteiger partial charge in [-0.1, -0.05) is 17.5 Å². The second-order valence-electron chi connectivity index (χ2n) is 8.51. The Hall–Kier alpha value is -3.38. The molecule has 2 aliphatic heterocycles. The molecule has 0 bridgehead atoms. The molecular weight excluding hydrogens is 466 g/mol. The molecule has 9 heteroatoms. The molecule has 8 nitrogen and oxygen atoms in total. The fourth-order valence-corrected chi connectivity index (χ4v) is 4.51. The molecule has 1 amide bonds. The number of hydrogen-bond donors (Lipinski definition) is 2. The number of morpholine rings is 1. The number of rotatable bonds is 5. The van der Waals surface area contributed by atoms with Gasteiger partial charge in [-0.25, -0.2) is 9.97 Å². The number of ether oxygens (including phenoxy) is 2. The topological polar surface area (TPSA) is 88.6 Å². The van der Waals surface area contributed by atoms with Crippen molar-refractivity contribution in [3.63, 3.8) is 0 Å². The molecule has 2 saturated heterocycles. The summed E-state index contributed by atoms with van der Waals surface area (Å²) in [7, 11) is 0. The lowest BCUT2D eigenvalue weighted by molar-refractivity contribution is 0.0303. The molecule has 35 heavy (non-hydrogen) atoms. The maximum absolute atomic E-state index is 12.7. The SMILES string of the molecule is C#Cc1cc(OC2CCNCC2)c2nc(Nc3ccc(C(=O)N4CCOCC4)cc3)ncc2c1Cl. The highest BCUT2D eigenvalue weighted by Crippen LogP contribution is 2.35. The van der Waals surface area contributed by atoms with Crippen molar-refractivity contribution in [2.24, 2.45) is 0 Å². The Labute approximate surface area is 209 Å². The van der Waals surface area contributed by atoms with Crippen molar-refractivity contribution >= 4 is 40.0 Å². The average molecular weight is 492 g/mol. The zero-order chi connectivity index (χ0) is 24.2. The van der Waals surface area contributed by atoms with E-state index in [1.807, 2.05) is 12.1 Å². The molecular formula is C26H26ClN5O3. The number of nitrogens with zero attached hydrogens (tertiary/aromatic N) is 3. The summed E-state index contributed by atoms with van der Waals surface area (Å²) >= 11 is 6.53. The first kappa shape index (κ1) is 23.4. The molecule has 3 heterocycles. The number of anilines is 2. The van der Waals surface area contributed by atoms with E-state index in [9.17, 15) is 4.79 Å². The zero-order valence-corrected chi connectivity index (χ0v) is 20.0. The fourth-order valence-electron chi connectivity index (χ4n) is 4.26. The third kappa shape index (κ3) is 5.17. The van der Waals surface area contributed by atoms with E-state index >= 15 is 0 Å². The smallest absolute Gasteiger partial charge is 0.254 e. The predicted molar refractivity (Wildman–Crippen MR) is 135 cm³/mol. The Morgan fingerprint density at radius 1 is 1.23 bits per heavy atom. The monoisotopic (exact) mass is 491 g/mol. The van der Waals surface area contributed by atoms with Crippen LogP contribution in [0.15, 0.2) is 36.5 Å². The van der Waals surface area contributed by atoms with Gasteiger partial charge < -0.3 is 25.0 Å². The molecule has 2 fully saturated rings. The number of carbonyl (C=O) groups is 1. The summed E-state index contributed by atoms with van der Waals surface area (Å²) in [6, 6.07) is 9.03. The number of halogens is 1. The van der Waals surface area contributed by atoms with Crippen LogP contribution in [0, 0.1) is 12.3 Å². The Kier molecular flexibility index (Phi) is 7.00. The molecule has 5 rings (SSSR count). The van der Waals surface area contributed by atoms with E-state index in [0.717, 1.165) is 31.6 Å². The maximum atomic E-state index is 12.7. The Bertz CT molecular complexity index is 1260. The minimum absolute atomic E-state index is 0.000433. The van der Waals surface area contributed by atoms with Crippen molar-refractivity contribution in [3.05, 3.63) is 52.7 Å². The van der Waals surface area contributed by atoms with Crippen LogP contribution in [0.1, 0.15) is 28.8 Å². The Morgan fingerprint density at radius 2 is 1.97 bits per heavy atom. The van der Waals surface area contributed by atoms with E-state index in [2.05, 4.69) is 21.5 Å². The highest BCUT2D eigenvalue weighted by atomic mass is 35.5. The van der Waals surface area contributed by atoms with Gasteiger partial charge in [0.05, 0.1) is 18.2 Å². The van der Waals surface area contributed by atoms with Crippen molar-refractivity contribution in [2.75, 3.05) is 44.7 Å². The standard InChI is InChI=1S/C26H26ClN5O3/c1-2-17-15-22(35-20-7-9-28-10-8-20)24-21(23(17)27)16-29-26(31-24)30-19-5-3-18(4-6-19)25(33)32-11-13-34-14-12-32/h1,3-6,15-16,20,28H,7-14H2,(H,29,30,31). The van der Waals surface area contributed by atoms with Crippen LogP contribution in [-0.4, -0.2) is 66.3 Å². The van der Waals surface area contributed by atoms with Crippen LogP contribution in [0.25, 0.3) is 10.9 Å². The van der Waals surface area contributed by atoms with Crippen LogP contribution in [0.2, 0.25) is 5.02 Å². The van der Waals surface area contributed by atoms with E-state index in [1.54, 1.807) is 29.3 Å². The number of piperidine rings is 1. The van der Waals surface area contributed by atoms with Gasteiger partial charge in [0.25, 0.3) is 5.91 Å². The summed E-state index contributed by atoms with van der Waals surface area (Å²) in [5.41, 5.74) is 2.54. The summed E-state index contributed by atoms with van der Waals surface area (Å²) in [6.07, 6.45) is 9.21. The van der Waals surface area contributed by atoms with Crippen LogP contribution in [0.5, 0.6) is 5.75 Å². The quantitative estimate of drug-likeness (QED) is 0.527. The van der Waals surface area contributed by atoms with Gasteiger partial charge in [-0.2, -0.15) is 0 Å². The summed E-state index contributed by atoms with van der Waals surface area (Å²) in [5, 5.41) is 7.61. The Morgan fingerprint density at radius 3 is 2.69 bits per heavy atom. The number of benzene rings is 2. The molecule has 2 N–H and O–H groups in total. The van der Waals surface area contributed by atoms with Gasteiger partial charge in [0, 0.05) is 41.5 Å². The third-order valence-corrected chi connectivity index (χ3v) is 6.60. The number of hydrogen-bond acceptors (Lipinski definition) is 7. The van der Waals surface area contributed by atoms with Crippen LogP contribution in [0.3, 0.4) is 0 Å². The minimum Gasteiger partial charge on any atom is -0.488 e. The molecule has 0 aliphatic carbocycles. The summed E-state index contributed by atoms with van der Waals surface area (Å²) in [4.78, 5) is 23.6. The molecule has 1 aromatic heterocycles. The van der Waals surface area contributed by atoms with Gasteiger partial charge in [-0.05, 0) is 56.3 Å². The third-order valence-electron chi connectivity index (χ3n) is 6.19. The molecule has 3 aromatic rings. The molecule has 0 spiro atoms. The van der Waals surface area contributed by atoms with E-state index in [-0.39, 0.29) is 12.0 Å². The van der Waals surface area contributed by atoms with Crippen LogP contribution in [0.4, 0.5) is 11.6 Å². The molecule has 0 saturated carbocycles. The number of carbonyl (C=O) groups excluding carboxylic acids is 1. The molecule has 0 atom stereocenters. The molecule has 0 radical (unpaired) electrons. The summed E-state index contributed by atoms with van der Waals surface area (Å²) < 4.78 is 11.6. The lowest BCUT2D eigenvalue weighted by Gasteiger charge is -2.26. The number of amides is 1. The highest BCUT2D eigenvalue weighted by molar-refractivity contribution is 6.36. The predicted octanol–water partition coefficient (Wildman–Crippen LogP) is 3.61. The number of fused-ring (bicyclic) bond motifs is 1. The van der Waals surface area contributed by atoms with Gasteiger partial charge in [0.2, 0.25) is 5.95 Å². The first-order chi connectivity index (χ1) is 17.1. The highest BCUT2D eigenvalue weighted by Gasteiger charge is 2.20. The van der Waals surface area contributed by atoms with Gasteiger partial charge >= 0.3 is 0 Å². The van der Waals surface area contributed by atoms with Crippen molar-refractivity contribution in [1.82, 2.24) is 20.2 Å². The Balaban J connectivity index is 1.39. The van der Waals surface area contributed by atoms with E-state index in [1.165, 1.54) is 0 Å². The zero-order valence-electron chi connectivity index (χ0n) is 19.2. The van der Waals surface area contributed by atoms with Crippen LogP contribution >= 0.6 is 11.6 Å². The molecule has 180 valence electrons. The van der Waals surface area contributed by atoms with E-state index < -0.39 is 0 Å². The fraction of sp³-hybridized carbons (Fsp3) is 0.346. The first-order valence-electron chi connectivity index (χ1n) is 11.7. The number of aromatic nitrogens is 2. The number of nitrogens with one attached hydrogen (secondary N) is 2. The second-order valence-corrected chi connectivity index (χ2v) is 8.89. The van der Waals surface area contributed by atoms with E-state index in [4.69, 9.17) is 32.5 Å². The van der Waals surface area contributed by atoms with E-state index in [0.29, 0.717) is 65.1 Å².